The van der Waals surface area contributed by atoms with Gasteiger partial charge in [-0.3, -0.25) is 9.69 Å². The van der Waals surface area contributed by atoms with Crippen molar-refractivity contribution in [2.24, 2.45) is 0 Å². The van der Waals surface area contributed by atoms with E-state index in [2.05, 4.69) is 27.0 Å². The molecule has 0 saturated carbocycles. The van der Waals surface area contributed by atoms with Crippen LogP contribution in [0, 0.1) is 6.92 Å². The molecule has 0 spiro atoms. The fourth-order valence-electron chi connectivity index (χ4n) is 3.38. The summed E-state index contributed by atoms with van der Waals surface area (Å²) < 4.78 is 11.1. The van der Waals surface area contributed by atoms with Crippen molar-refractivity contribution < 1.29 is 14.1 Å². The smallest absolute Gasteiger partial charge is 0.246 e. The first-order valence-electron chi connectivity index (χ1n) is 8.67. The maximum Gasteiger partial charge on any atom is 0.246 e. The van der Waals surface area contributed by atoms with Crippen LogP contribution in [0.1, 0.15) is 31.1 Å². The summed E-state index contributed by atoms with van der Waals surface area (Å²) in [7, 11) is 2.09. The molecule has 2 fully saturated rings. The summed E-state index contributed by atoms with van der Waals surface area (Å²) in [4.78, 5) is 23.3. The second-order valence-corrected chi connectivity index (χ2v) is 6.67. The number of nitrogens with zero attached hydrogens (tertiary/aromatic N) is 5. The average molecular weight is 337 g/mol. The minimum absolute atomic E-state index is 0.0302. The molecule has 1 amide bonds. The van der Waals surface area contributed by atoms with Gasteiger partial charge in [-0.25, -0.2) is 0 Å². The number of morpholine rings is 1. The lowest BCUT2D eigenvalue weighted by atomic mass is 10.1. The minimum Gasteiger partial charge on any atom is -0.375 e. The maximum absolute atomic E-state index is 12.5. The first-order chi connectivity index (χ1) is 11.5. The normalized spacial score (nSPS) is 26.7. The molecule has 1 aromatic heterocycles. The van der Waals surface area contributed by atoms with Crippen LogP contribution in [0.15, 0.2) is 4.52 Å². The Kier molecular flexibility index (Phi) is 5.47. The number of ether oxygens (including phenoxy) is 1. The largest absolute Gasteiger partial charge is 0.375 e. The monoisotopic (exact) mass is 337 g/mol. The molecule has 8 nitrogen and oxygen atoms in total. The lowest BCUT2D eigenvalue weighted by Crippen LogP contribution is -2.49. The molecule has 1 aromatic rings. The second-order valence-electron chi connectivity index (χ2n) is 6.67. The number of aryl methyl sites for hydroxylation is 1. The van der Waals surface area contributed by atoms with Crippen molar-refractivity contribution in [1.82, 2.24) is 24.8 Å². The first-order valence-corrected chi connectivity index (χ1v) is 8.67. The van der Waals surface area contributed by atoms with Crippen molar-refractivity contribution in [1.29, 1.82) is 0 Å². The van der Waals surface area contributed by atoms with E-state index in [0.29, 0.717) is 31.3 Å². The summed E-state index contributed by atoms with van der Waals surface area (Å²) in [6.07, 6.45) is 0.484. The Bertz CT molecular complexity index is 556. The molecule has 3 rings (SSSR count). The zero-order valence-corrected chi connectivity index (χ0v) is 14.8. The molecule has 0 N–H and O–H groups in total. The van der Waals surface area contributed by atoms with Crippen LogP contribution in [-0.2, 0) is 9.53 Å². The van der Waals surface area contributed by atoms with Crippen LogP contribution in [0.5, 0.6) is 0 Å². The van der Waals surface area contributed by atoms with Gasteiger partial charge in [-0.1, -0.05) is 5.16 Å². The van der Waals surface area contributed by atoms with E-state index >= 15 is 0 Å². The number of rotatable bonds is 4. The van der Waals surface area contributed by atoms with Gasteiger partial charge in [-0.15, -0.1) is 0 Å². The predicted octanol–water partition coefficient (Wildman–Crippen LogP) is 0.304. The van der Waals surface area contributed by atoms with E-state index < -0.39 is 0 Å². The Morgan fingerprint density at radius 2 is 2.00 bits per heavy atom. The molecule has 134 valence electrons. The Morgan fingerprint density at radius 3 is 2.67 bits per heavy atom. The van der Waals surface area contributed by atoms with E-state index in [1.54, 1.807) is 0 Å². The van der Waals surface area contributed by atoms with Gasteiger partial charge in [-0.2, -0.15) is 4.98 Å². The Hall–Kier alpha value is -1.51. The van der Waals surface area contributed by atoms with E-state index in [0.717, 1.165) is 32.7 Å². The van der Waals surface area contributed by atoms with Crippen LogP contribution in [0.2, 0.25) is 0 Å². The summed E-state index contributed by atoms with van der Waals surface area (Å²) in [5.41, 5.74) is 0. The lowest BCUT2D eigenvalue weighted by Gasteiger charge is -2.38. The maximum atomic E-state index is 12.5. The van der Waals surface area contributed by atoms with Crippen LogP contribution in [-0.4, -0.2) is 89.8 Å². The van der Waals surface area contributed by atoms with Gasteiger partial charge < -0.3 is 19.1 Å². The Labute approximate surface area is 142 Å². The average Bonchev–Trinajstić information content (AvgIpc) is 2.99. The van der Waals surface area contributed by atoms with Crippen LogP contribution in [0.25, 0.3) is 0 Å². The number of carbonyl (C=O) groups excluding carboxylic acids is 1. The van der Waals surface area contributed by atoms with Crippen molar-refractivity contribution in [2.45, 2.75) is 32.4 Å². The molecule has 8 heteroatoms. The SMILES string of the molecule is Cc1noc([C@@H]2[C@@H](C)OCCN2CCC(=O)N2CCN(C)CC2)n1. The third-order valence-electron chi connectivity index (χ3n) is 4.86. The van der Waals surface area contributed by atoms with Gasteiger partial charge in [0.1, 0.15) is 6.04 Å². The van der Waals surface area contributed by atoms with E-state index in [4.69, 9.17) is 9.26 Å². The highest BCUT2D eigenvalue weighted by Crippen LogP contribution is 2.28. The molecule has 0 bridgehead atoms. The molecule has 3 heterocycles. The van der Waals surface area contributed by atoms with Gasteiger partial charge in [0.15, 0.2) is 5.82 Å². The van der Waals surface area contributed by atoms with Crippen LogP contribution < -0.4 is 0 Å². The molecule has 0 aliphatic carbocycles. The molecule has 0 unspecified atom stereocenters. The van der Waals surface area contributed by atoms with Gasteiger partial charge in [-0.05, 0) is 20.9 Å². The molecule has 2 saturated heterocycles. The molecule has 0 radical (unpaired) electrons. The van der Waals surface area contributed by atoms with Crippen LogP contribution in [0.4, 0.5) is 0 Å². The number of aromatic nitrogens is 2. The summed E-state index contributed by atoms with van der Waals surface area (Å²) >= 11 is 0. The highest BCUT2D eigenvalue weighted by Gasteiger charge is 2.35. The summed E-state index contributed by atoms with van der Waals surface area (Å²) in [5.74, 6) is 1.42. The number of amides is 1. The Morgan fingerprint density at radius 1 is 1.25 bits per heavy atom. The number of hydrogen-bond donors (Lipinski definition) is 0. The highest BCUT2D eigenvalue weighted by atomic mass is 16.5. The molecular weight excluding hydrogens is 310 g/mol. The third kappa shape index (κ3) is 3.93. The molecule has 2 aliphatic rings. The topological polar surface area (TPSA) is 74.9 Å². The van der Waals surface area contributed by atoms with Crippen molar-refractivity contribution in [3.63, 3.8) is 0 Å². The number of piperazine rings is 1. The fraction of sp³-hybridized carbons (Fsp3) is 0.812. The number of carbonyl (C=O) groups is 1. The molecule has 0 aromatic carbocycles. The number of likely N-dealkylation sites (N-methyl/N-ethyl adjacent to an activating group) is 1. The summed E-state index contributed by atoms with van der Waals surface area (Å²) in [5, 5.41) is 3.89. The first kappa shape index (κ1) is 17.3. The van der Waals surface area contributed by atoms with Crippen molar-refractivity contribution >= 4 is 5.91 Å². The standard InChI is InChI=1S/C16H27N5O3/c1-12-15(16-17-13(2)18-24-16)21(10-11-23-12)5-4-14(22)20-8-6-19(3)7-9-20/h12,15H,4-11H2,1-3H3/t12-,15+/m1/s1. The van der Waals surface area contributed by atoms with Gasteiger partial charge in [0, 0.05) is 45.7 Å². The van der Waals surface area contributed by atoms with Crippen LogP contribution >= 0.6 is 0 Å². The van der Waals surface area contributed by atoms with Crippen LogP contribution in [0.3, 0.4) is 0 Å². The fourth-order valence-corrected chi connectivity index (χ4v) is 3.38. The summed E-state index contributed by atoms with van der Waals surface area (Å²) in [6.45, 7) is 9.48. The minimum atomic E-state index is -0.0831. The molecule has 24 heavy (non-hydrogen) atoms. The van der Waals surface area contributed by atoms with Gasteiger partial charge in [0.05, 0.1) is 12.7 Å². The molecule has 2 aliphatic heterocycles. The zero-order chi connectivity index (χ0) is 17.1. The van der Waals surface area contributed by atoms with Crippen molar-refractivity contribution in [2.75, 3.05) is 52.9 Å². The van der Waals surface area contributed by atoms with Crippen molar-refractivity contribution in [3.05, 3.63) is 11.7 Å². The zero-order valence-electron chi connectivity index (χ0n) is 14.8. The van der Waals surface area contributed by atoms with Crippen molar-refractivity contribution in [3.8, 4) is 0 Å². The van der Waals surface area contributed by atoms with Gasteiger partial charge in [0.25, 0.3) is 0 Å². The van der Waals surface area contributed by atoms with E-state index in [-0.39, 0.29) is 18.1 Å². The predicted molar refractivity (Wildman–Crippen MR) is 87.5 cm³/mol. The molecular formula is C16H27N5O3. The van der Waals surface area contributed by atoms with Gasteiger partial charge >= 0.3 is 0 Å². The second kappa shape index (κ2) is 7.58. The van der Waals surface area contributed by atoms with Gasteiger partial charge in [0.2, 0.25) is 11.8 Å². The quantitative estimate of drug-likeness (QED) is 0.782. The van der Waals surface area contributed by atoms with E-state index in [1.807, 2.05) is 18.7 Å². The highest BCUT2D eigenvalue weighted by molar-refractivity contribution is 5.76. The number of hydrogen-bond acceptors (Lipinski definition) is 7. The van der Waals surface area contributed by atoms with E-state index in [9.17, 15) is 4.79 Å². The Balaban J connectivity index is 1.59. The van der Waals surface area contributed by atoms with E-state index in [1.165, 1.54) is 0 Å². The lowest BCUT2D eigenvalue weighted by molar-refractivity contribution is -0.134. The third-order valence-corrected chi connectivity index (χ3v) is 4.86. The molecule has 2 atom stereocenters. The summed E-state index contributed by atoms with van der Waals surface area (Å²) in [6, 6.07) is -0.0831.